The second kappa shape index (κ2) is 6.75. The van der Waals surface area contributed by atoms with Gasteiger partial charge in [-0.2, -0.15) is 0 Å². The molecule has 2 nitrogen and oxygen atoms in total. The molecule has 0 aliphatic heterocycles. The molecule has 0 amide bonds. The Morgan fingerprint density at radius 1 is 1.00 bits per heavy atom. The SMILES string of the molecule is CCC1CCC(OC2CCCCC2CN)CC1. The van der Waals surface area contributed by atoms with Gasteiger partial charge in [0.15, 0.2) is 0 Å². The average molecular weight is 239 g/mol. The minimum absolute atomic E-state index is 0.469. The van der Waals surface area contributed by atoms with E-state index in [1.807, 2.05) is 0 Å². The molecule has 2 rings (SSSR count). The first-order valence-corrected chi connectivity index (χ1v) is 7.69. The Hall–Kier alpha value is -0.0800. The average Bonchev–Trinajstić information content (AvgIpc) is 2.40. The molecule has 17 heavy (non-hydrogen) atoms. The standard InChI is InChI=1S/C15H29NO/c1-2-12-7-9-14(10-8-12)17-15-6-4-3-5-13(15)11-16/h12-15H,2-11,16H2,1H3. The molecule has 0 spiro atoms. The molecule has 0 aromatic carbocycles. The van der Waals surface area contributed by atoms with Crippen molar-refractivity contribution in [2.45, 2.75) is 76.9 Å². The fourth-order valence-corrected chi connectivity index (χ4v) is 3.55. The summed E-state index contributed by atoms with van der Waals surface area (Å²) < 4.78 is 6.35. The van der Waals surface area contributed by atoms with E-state index in [1.165, 1.54) is 57.8 Å². The highest BCUT2D eigenvalue weighted by molar-refractivity contribution is 4.80. The maximum absolute atomic E-state index is 6.35. The molecule has 2 N–H and O–H groups in total. The van der Waals surface area contributed by atoms with Crippen molar-refractivity contribution in [2.75, 3.05) is 6.54 Å². The third-order valence-electron chi connectivity index (χ3n) is 4.88. The summed E-state index contributed by atoms with van der Waals surface area (Å²) in [5.74, 6) is 1.60. The van der Waals surface area contributed by atoms with E-state index in [4.69, 9.17) is 10.5 Å². The van der Waals surface area contributed by atoms with Crippen LogP contribution in [0, 0.1) is 11.8 Å². The van der Waals surface area contributed by atoms with Crippen LogP contribution in [0.5, 0.6) is 0 Å². The van der Waals surface area contributed by atoms with Gasteiger partial charge in [-0.1, -0.05) is 26.2 Å². The van der Waals surface area contributed by atoms with Gasteiger partial charge in [-0.25, -0.2) is 0 Å². The molecule has 2 heteroatoms. The van der Waals surface area contributed by atoms with Gasteiger partial charge in [-0.3, -0.25) is 0 Å². The third-order valence-corrected chi connectivity index (χ3v) is 4.88. The largest absolute Gasteiger partial charge is 0.375 e. The van der Waals surface area contributed by atoms with Crippen LogP contribution >= 0.6 is 0 Å². The fraction of sp³-hybridized carbons (Fsp3) is 1.00. The summed E-state index contributed by atoms with van der Waals surface area (Å²) in [4.78, 5) is 0. The second-order valence-corrected chi connectivity index (χ2v) is 6.01. The molecule has 2 aliphatic carbocycles. The molecular formula is C15H29NO. The van der Waals surface area contributed by atoms with Crippen LogP contribution in [0.15, 0.2) is 0 Å². The number of nitrogens with two attached hydrogens (primary N) is 1. The van der Waals surface area contributed by atoms with E-state index < -0.39 is 0 Å². The predicted octanol–water partition coefficient (Wildman–Crippen LogP) is 3.49. The number of hydrogen-bond acceptors (Lipinski definition) is 2. The van der Waals surface area contributed by atoms with Crippen molar-refractivity contribution in [3.8, 4) is 0 Å². The quantitative estimate of drug-likeness (QED) is 0.815. The molecule has 0 aromatic rings. The second-order valence-electron chi connectivity index (χ2n) is 6.01. The maximum Gasteiger partial charge on any atom is 0.0619 e. The maximum atomic E-state index is 6.35. The van der Waals surface area contributed by atoms with Gasteiger partial charge in [0.25, 0.3) is 0 Å². The van der Waals surface area contributed by atoms with Crippen LogP contribution in [0.3, 0.4) is 0 Å². The molecule has 100 valence electrons. The molecule has 0 radical (unpaired) electrons. The van der Waals surface area contributed by atoms with E-state index >= 15 is 0 Å². The Bertz CT molecular complexity index is 211. The molecule has 2 fully saturated rings. The van der Waals surface area contributed by atoms with Gasteiger partial charge < -0.3 is 10.5 Å². The third kappa shape index (κ3) is 3.69. The van der Waals surface area contributed by atoms with E-state index in [2.05, 4.69) is 6.92 Å². The van der Waals surface area contributed by atoms with Crippen LogP contribution < -0.4 is 5.73 Å². The fourth-order valence-electron chi connectivity index (χ4n) is 3.55. The molecule has 2 atom stereocenters. The van der Waals surface area contributed by atoms with Gasteiger partial charge >= 0.3 is 0 Å². The van der Waals surface area contributed by atoms with Crippen molar-refractivity contribution in [3.05, 3.63) is 0 Å². The van der Waals surface area contributed by atoms with Gasteiger partial charge in [0.2, 0.25) is 0 Å². The Morgan fingerprint density at radius 3 is 2.35 bits per heavy atom. The molecule has 0 bridgehead atoms. The zero-order chi connectivity index (χ0) is 12.1. The van der Waals surface area contributed by atoms with Crippen LogP contribution in [0.1, 0.15) is 64.7 Å². The van der Waals surface area contributed by atoms with Crippen molar-refractivity contribution in [3.63, 3.8) is 0 Å². The molecule has 0 aromatic heterocycles. The van der Waals surface area contributed by atoms with E-state index in [9.17, 15) is 0 Å². The molecule has 2 unspecified atom stereocenters. The van der Waals surface area contributed by atoms with Crippen LogP contribution in [0.4, 0.5) is 0 Å². The summed E-state index contributed by atoms with van der Waals surface area (Å²) in [6.45, 7) is 3.13. The zero-order valence-electron chi connectivity index (χ0n) is 11.4. The van der Waals surface area contributed by atoms with Crippen molar-refractivity contribution in [1.82, 2.24) is 0 Å². The topological polar surface area (TPSA) is 35.2 Å². The summed E-state index contributed by atoms with van der Waals surface area (Å²) in [5, 5.41) is 0. The van der Waals surface area contributed by atoms with E-state index in [1.54, 1.807) is 0 Å². The first-order valence-electron chi connectivity index (χ1n) is 7.69. The molecular weight excluding hydrogens is 210 g/mol. The van der Waals surface area contributed by atoms with Gasteiger partial charge in [0.1, 0.15) is 0 Å². The lowest BCUT2D eigenvalue weighted by atomic mass is 9.84. The Kier molecular flexibility index (Phi) is 5.30. The number of ether oxygens (including phenoxy) is 1. The predicted molar refractivity (Wildman–Crippen MR) is 71.9 cm³/mol. The van der Waals surface area contributed by atoms with Crippen molar-refractivity contribution in [2.24, 2.45) is 17.6 Å². The Balaban J connectivity index is 1.76. The molecule has 2 aliphatic rings. The monoisotopic (exact) mass is 239 g/mol. The highest BCUT2D eigenvalue weighted by Crippen LogP contribution is 2.33. The van der Waals surface area contributed by atoms with E-state index in [0.717, 1.165) is 12.5 Å². The smallest absolute Gasteiger partial charge is 0.0619 e. The lowest BCUT2D eigenvalue weighted by Gasteiger charge is -2.36. The van der Waals surface area contributed by atoms with Crippen molar-refractivity contribution >= 4 is 0 Å². The minimum Gasteiger partial charge on any atom is -0.375 e. The summed E-state index contributed by atoms with van der Waals surface area (Å²) >= 11 is 0. The summed E-state index contributed by atoms with van der Waals surface area (Å²) in [6, 6.07) is 0. The molecule has 0 saturated heterocycles. The summed E-state index contributed by atoms with van der Waals surface area (Å²) in [7, 11) is 0. The Labute approximate surface area is 106 Å². The summed E-state index contributed by atoms with van der Waals surface area (Å²) in [6.07, 6.45) is 12.9. The van der Waals surface area contributed by atoms with Crippen molar-refractivity contribution < 1.29 is 4.74 Å². The van der Waals surface area contributed by atoms with Crippen molar-refractivity contribution in [1.29, 1.82) is 0 Å². The van der Waals surface area contributed by atoms with Gasteiger partial charge in [0, 0.05) is 0 Å². The Morgan fingerprint density at radius 2 is 1.71 bits per heavy atom. The van der Waals surface area contributed by atoms with E-state index in [-0.39, 0.29) is 0 Å². The first kappa shape index (κ1) is 13.4. The number of rotatable bonds is 4. The van der Waals surface area contributed by atoms with Crippen LogP contribution in [-0.2, 0) is 4.74 Å². The van der Waals surface area contributed by atoms with Crippen LogP contribution in [0.2, 0.25) is 0 Å². The highest BCUT2D eigenvalue weighted by atomic mass is 16.5. The highest BCUT2D eigenvalue weighted by Gasteiger charge is 2.29. The van der Waals surface area contributed by atoms with Crippen LogP contribution in [-0.4, -0.2) is 18.8 Å². The zero-order valence-corrected chi connectivity index (χ0v) is 11.4. The summed E-state index contributed by atoms with van der Waals surface area (Å²) in [5.41, 5.74) is 5.86. The van der Waals surface area contributed by atoms with Gasteiger partial charge in [-0.05, 0) is 56.9 Å². The minimum atomic E-state index is 0.469. The lowest BCUT2D eigenvalue weighted by molar-refractivity contribution is -0.0749. The number of hydrogen-bond donors (Lipinski definition) is 1. The van der Waals surface area contributed by atoms with Gasteiger partial charge in [-0.15, -0.1) is 0 Å². The van der Waals surface area contributed by atoms with Crippen LogP contribution in [0.25, 0.3) is 0 Å². The van der Waals surface area contributed by atoms with Gasteiger partial charge in [0.05, 0.1) is 12.2 Å². The normalized spacial score (nSPS) is 39.2. The molecule has 0 heterocycles. The molecule has 2 saturated carbocycles. The lowest BCUT2D eigenvalue weighted by Crippen LogP contribution is -2.37. The van der Waals surface area contributed by atoms with E-state index in [0.29, 0.717) is 18.1 Å². The first-order chi connectivity index (χ1) is 8.33.